The molecule has 2 nitrogen and oxygen atoms in total. The zero-order valence-corrected chi connectivity index (χ0v) is 26.8. The molecule has 7 aromatic carbocycles. The molecule has 2 heteroatoms. The predicted molar refractivity (Wildman–Crippen MR) is 203 cm³/mol. The highest BCUT2D eigenvalue weighted by Crippen LogP contribution is 2.46. The van der Waals surface area contributed by atoms with E-state index in [-0.39, 0.29) is 5.92 Å². The van der Waals surface area contributed by atoms with Gasteiger partial charge in [-0.25, -0.2) is 4.98 Å². The van der Waals surface area contributed by atoms with Crippen molar-refractivity contribution in [2.24, 2.45) is 5.92 Å². The molecule has 0 fully saturated rings. The minimum absolute atomic E-state index is 0.288. The van der Waals surface area contributed by atoms with Gasteiger partial charge in [0.05, 0.1) is 11.0 Å². The van der Waals surface area contributed by atoms with Gasteiger partial charge in [0.15, 0.2) is 0 Å². The Morgan fingerprint density at radius 3 is 1.92 bits per heavy atom. The number of aromatic nitrogens is 2. The molecular weight excluding hydrogens is 581 g/mol. The van der Waals surface area contributed by atoms with Crippen molar-refractivity contribution in [1.82, 2.24) is 9.55 Å². The van der Waals surface area contributed by atoms with Gasteiger partial charge < -0.3 is 0 Å². The third-order valence-electron chi connectivity index (χ3n) is 9.92. The lowest BCUT2D eigenvalue weighted by molar-refractivity contribution is 0.643. The second-order valence-corrected chi connectivity index (χ2v) is 12.8. The number of imidazole rings is 1. The first-order valence-corrected chi connectivity index (χ1v) is 16.8. The largest absolute Gasteiger partial charge is 0.292 e. The summed E-state index contributed by atoms with van der Waals surface area (Å²) in [5.41, 5.74) is 10.6. The van der Waals surface area contributed by atoms with Gasteiger partial charge in [0.1, 0.15) is 5.82 Å². The molecule has 0 saturated heterocycles. The standard InChI is InChI=1S/C46H34N2/c1-31-14-8-9-19-37(31)45-39-21-11-10-20-38(39)44(33-15-4-2-5-16-33)40-29-28-35(30-41(40)45)32-24-26-34(27-25-32)46-47-42-22-12-13-23-43(42)48(46)36-17-6-3-7-18-36/h2-31,37H,1H3. The molecule has 2 atom stereocenters. The van der Waals surface area contributed by atoms with E-state index in [0.29, 0.717) is 5.92 Å². The molecule has 1 aliphatic carbocycles. The molecule has 0 amide bonds. The number of fused-ring (bicyclic) bond motifs is 3. The van der Waals surface area contributed by atoms with Gasteiger partial charge in [0.25, 0.3) is 0 Å². The third kappa shape index (κ3) is 4.68. The first kappa shape index (κ1) is 28.3. The monoisotopic (exact) mass is 614 g/mol. The van der Waals surface area contributed by atoms with E-state index in [1.807, 2.05) is 0 Å². The normalized spacial score (nSPS) is 15.9. The molecule has 1 aliphatic rings. The Morgan fingerprint density at radius 2 is 1.12 bits per heavy atom. The lowest BCUT2D eigenvalue weighted by Crippen LogP contribution is -2.09. The number of rotatable bonds is 5. The molecular formula is C46H34N2. The van der Waals surface area contributed by atoms with E-state index >= 15 is 0 Å². The van der Waals surface area contributed by atoms with Crippen LogP contribution < -0.4 is 0 Å². The van der Waals surface area contributed by atoms with E-state index in [1.165, 1.54) is 49.4 Å². The summed E-state index contributed by atoms with van der Waals surface area (Å²) in [5, 5.41) is 5.24. The molecule has 48 heavy (non-hydrogen) atoms. The smallest absolute Gasteiger partial charge is 0.145 e. The number of hydrogen-bond donors (Lipinski definition) is 0. The van der Waals surface area contributed by atoms with Gasteiger partial charge >= 0.3 is 0 Å². The van der Waals surface area contributed by atoms with Crippen LogP contribution in [0.15, 0.2) is 176 Å². The van der Waals surface area contributed by atoms with Crippen molar-refractivity contribution < 1.29 is 0 Å². The maximum absolute atomic E-state index is 5.09. The van der Waals surface area contributed by atoms with Crippen LogP contribution in [-0.4, -0.2) is 9.55 Å². The fourth-order valence-electron chi connectivity index (χ4n) is 7.61. The molecule has 9 rings (SSSR count). The van der Waals surface area contributed by atoms with Gasteiger partial charge in [-0.3, -0.25) is 4.57 Å². The number of benzene rings is 7. The van der Waals surface area contributed by atoms with Crippen LogP contribution >= 0.6 is 0 Å². The highest BCUT2D eigenvalue weighted by molar-refractivity contribution is 6.16. The molecule has 0 aliphatic heterocycles. The lowest BCUT2D eigenvalue weighted by Gasteiger charge is -2.26. The minimum atomic E-state index is 0.288. The number of nitrogens with zero attached hydrogens (tertiary/aromatic N) is 2. The summed E-state index contributed by atoms with van der Waals surface area (Å²) in [6.07, 6.45) is 9.11. The van der Waals surface area contributed by atoms with Crippen molar-refractivity contribution in [2.75, 3.05) is 0 Å². The van der Waals surface area contributed by atoms with Crippen LogP contribution in [-0.2, 0) is 0 Å². The average molecular weight is 615 g/mol. The molecule has 8 aromatic rings. The number of hydrogen-bond acceptors (Lipinski definition) is 1. The minimum Gasteiger partial charge on any atom is -0.292 e. The van der Waals surface area contributed by atoms with Crippen LogP contribution in [0.1, 0.15) is 18.4 Å². The Bertz CT molecular complexity index is 2500. The molecule has 1 heterocycles. The van der Waals surface area contributed by atoms with Crippen molar-refractivity contribution >= 4 is 32.6 Å². The van der Waals surface area contributed by atoms with Gasteiger partial charge in [0.2, 0.25) is 0 Å². The first-order valence-electron chi connectivity index (χ1n) is 16.8. The van der Waals surface area contributed by atoms with E-state index in [0.717, 1.165) is 28.1 Å². The predicted octanol–water partition coefficient (Wildman–Crippen LogP) is 12.2. The van der Waals surface area contributed by atoms with Gasteiger partial charge in [-0.2, -0.15) is 0 Å². The zero-order valence-electron chi connectivity index (χ0n) is 26.8. The Balaban J connectivity index is 1.23. The van der Waals surface area contributed by atoms with Crippen LogP contribution in [0.2, 0.25) is 0 Å². The summed E-state index contributed by atoms with van der Waals surface area (Å²) < 4.78 is 2.26. The second kappa shape index (κ2) is 11.7. The van der Waals surface area contributed by atoms with Crippen LogP contribution in [0.25, 0.3) is 71.9 Å². The highest BCUT2D eigenvalue weighted by Gasteiger charge is 2.24. The van der Waals surface area contributed by atoms with Crippen LogP contribution in [0.3, 0.4) is 0 Å². The van der Waals surface area contributed by atoms with Crippen molar-refractivity contribution in [1.29, 1.82) is 0 Å². The Hall–Kier alpha value is -5.99. The number of allylic oxidation sites excluding steroid dienone is 4. The van der Waals surface area contributed by atoms with Crippen LogP contribution in [0, 0.1) is 5.92 Å². The van der Waals surface area contributed by atoms with E-state index in [9.17, 15) is 0 Å². The van der Waals surface area contributed by atoms with Crippen molar-refractivity contribution in [3.8, 4) is 39.3 Å². The summed E-state index contributed by atoms with van der Waals surface area (Å²) in [7, 11) is 0. The molecule has 0 N–H and O–H groups in total. The van der Waals surface area contributed by atoms with Gasteiger partial charge in [-0.1, -0.05) is 153 Å². The quantitative estimate of drug-likeness (QED) is 0.176. The summed E-state index contributed by atoms with van der Waals surface area (Å²) in [4.78, 5) is 5.09. The molecule has 2 unspecified atom stereocenters. The van der Waals surface area contributed by atoms with Crippen LogP contribution in [0.5, 0.6) is 0 Å². The molecule has 0 spiro atoms. The average Bonchev–Trinajstić information content (AvgIpc) is 3.55. The van der Waals surface area contributed by atoms with Gasteiger partial charge in [-0.05, 0) is 85.6 Å². The molecule has 0 saturated carbocycles. The lowest BCUT2D eigenvalue weighted by atomic mass is 9.77. The van der Waals surface area contributed by atoms with E-state index in [2.05, 4.69) is 187 Å². The fraction of sp³-hybridized carbons (Fsp3) is 0.0652. The van der Waals surface area contributed by atoms with Crippen molar-refractivity contribution in [2.45, 2.75) is 12.8 Å². The SMILES string of the molecule is CC1C=CC=CC1c1c2ccccc2c(-c2ccccc2)c2ccc(-c3ccc(-c4nc5ccccc5n4-c4ccccc4)cc3)cc12. The number of para-hydroxylation sites is 3. The maximum Gasteiger partial charge on any atom is 0.145 e. The first-order chi connectivity index (χ1) is 23.7. The van der Waals surface area contributed by atoms with Crippen LogP contribution in [0.4, 0.5) is 0 Å². The molecule has 0 bridgehead atoms. The summed E-state index contributed by atoms with van der Waals surface area (Å²) in [5.74, 6) is 1.63. The third-order valence-corrected chi connectivity index (χ3v) is 9.92. The van der Waals surface area contributed by atoms with E-state index in [1.54, 1.807) is 0 Å². The van der Waals surface area contributed by atoms with E-state index in [4.69, 9.17) is 4.98 Å². The Morgan fingerprint density at radius 1 is 0.500 bits per heavy atom. The molecule has 1 aromatic heterocycles. The Labute approximate surface area is 281 Å². The second-order valence-electron chi connectivity index (χ2n) is 12.8. The topological polar surface area (TPSA) is 17.8 Å². The Kier molecular flexibility index (Phi) is 6.87. The summed E-state index contributed by atoms with van der Waals surface area (Å²) >= 11 is 0. The van der Waals surface area contributed by atoms with Crippen molar-refractivity contribution in [3.05, 3.63) is 182 Å². The molecule has 228 valence electrons. The van der Waals surface area contributed by atoms with Gasteiger partial charge in [-0.15, -0.1) is 0 Å². The molecule has 0 radical (unpaired) electrons. The highest BCUT2D eigenvalue weighted by atomic mass is 15.1. The zero-order chi connectivity index (χ0) is 32.0. The van der Waals surface area contributed by atoms with Gasteiger partial charge in [0, 0.05) is 17.2 Å². The summed E-state index contributed by atoms with van der Waals surface area (Å²) in [6, 6.07) is 54.7. The maximum atomic E-state index is 5.09. The van der Waals surface area contributed by atoms with Crippen molar-refractivity contribution in [3.63, 3.8) is 0 Å². The fourth-order valence-corrected chi connectivity index (χ4v) is 7.61. The van der Waals surface area contributed by atoms with E-state index < -0.39 is 0 Å². The summed E-state index contributed by atoms with van der Waals surface area (Å²) in [6.45, 7) is 2.34.